The Morgan fingerprint density at radius 3 is 2.38 bits per heavy atom. The molecule has 0 aliphatic rings. The van der Waals surface area contributed by atoms with Gasteiger partial charge in [-0.05, 0) is 12.0 Å². The summed E-state index contributed by atoms with van der Waals surface area (Å²) in [7, 11) is 0. The van der Waals surface area contributed by atoms with E-state index in [2.05, 4.69) is 0 Å². The van der Waals surface area contributed by atoms with E-state index in [1.807, 2.05) is 30.3 Å². The molecule has 0 spiro atoms. The molecule has 0 saturated carbocycles. The van der Waals surface area contributed by atoms with Gasteiger partial charge in [0.25, 0.3) is 0 Å². The predicted molar refractivity (Wildman–Crippen MR) is 49.4 cm³/mol. The molecule has 0 bridgehead atoms. The minimum absolute atomic E-state index is 0. The molecule has 1 aromatic carbocycles. The van der Waals surface area contributed by atoms with Crippen molar-refractivity contribution < 1.29 is 15.1 Å². The van der Waals surface area contributed by atoms with Crippen LogP contribution in [0.1, 0.15) is 12.0 Å². The van der Waals surface area contributed by atoms with Gasteiger partial charge in [0, 0.05) is 6.42 Å². The molecule has 2 N–H and O–H groups in total. The molecule has 0 radical (unpaired) electrons. The number of carbonyl (C=O) groups excluding carboxylic acids is 2. The van der Waals surface area contributed by atoms with Crippen LogP contribution in [0, 0.1) is 0 Å². The van der Waals surface area contributed by atoms with Crippen LogP contribution in [0.2, 0.25) is 0 Å². The Bertz CT molecular complexity index is 267. The second kappa shape index (κ2) is 6.08. The van der Waals surface area contributed by atoms with Crippen molar-refractivity contribution in [1.29, 1.82) is 0 Å². The summed E-state index contributed by atoms with van der Waals surface area (Å²) in [6.45, 7) is 0. The van der Waals surface area contributed by atoms with Crippen LogP contribution >= 0.6 is 0 Å². The number of rotatable bonds is 4. The molecule has 0 aromatic heterocycles. The lowest BCUT2D eigenvalue weighted by Crippen LogP contribution is -2.00. The first-order chi connectivity index (χ1) is 5.83. The molecule has 0 atom stereocenters. The number of Topliss-reactive ketones (excluding diaryl/α,β-unsaturated/α-hetero) is 1. The first-order valence-corrected chi connectivity index (χ1v) is 3.85. The lowest BCUT2D eigenvalue weighted by molar-refractivity contribution is -0.129. The number of aryl methyl sites for hydroxylation is 1. The molecular formula is C10H12O3. The first-order valence-electron chi connectivity index (χ1n) is 3.85. The van der Waals surface area contributed by atoms with Crippen molar-refractivity contribution in [3.05, 3.63) is 35.9 Å². The summed E-state index contributed by atoms with van der Waals surface area (Å²) >= 11 is 0. The Morgan fingerprint density at radius 2 is 1.85 bits per heavy atom. The van der Waals surface area contributed by atoms with E-state index >= 15 is 0 Å². The van der Waals surface area contributed by atoms with Gasteiger partial charge in [-0.1, -0.05) is 30.3 Å². The van der Waals surface area contributed by atoms with Gasteiger partial charge in [-0.25, -0.2) is 0 Å². The zero-order valence-corrected chi connectivity index (χ0v) is 7.19. The highest BCUT2D eigenvalue weighted by atomic mass is 16.2. The Labute approximate surface area is 76.7 Å². The highest BCUT2D eigenvalue weighted by molar-refractivity contribution is 6.24. The van der Waals surface area contributed by atoms with Crippen LogP contribution in [-0.4, -0.2) is 17.5 Å². The van der Waals surface area contributed by atoms with Crippen LogP contribution in [0.3, 0.4) is 0 Å². The predicted octanol–water partition coefficient (Wildman–Crippen LogP) is 0.562. The normalized spacial score (nSPS) is 8.62. The smallest absolute Gasteiger partial charge is 0.195 e. The summed E-state index contributed by atoms with van der Waals surface area (Å²) in [6, 6.07) is 9.64. The summed E-state index contributed by atoms with van der Waals surface area (Å²) in [5.41, 5.74) is 1.09. The van der Waals surface area contributed by atoms with Crippen LogP contribution in [0.5, 0.6) is 0 Å². The average molecular weight is 180 g/mol. The summed E-state index contributed by atoms with van der Waals surface area (Å²) in [4.78, 5) is 20.6. The molecule has 0 saturated heterocycles. The molecular weight excluding hydrogens is 168 g/mol. The summed E-state index contributed by atoms with van der Waals surface area (Å²) < 4.78 is 0. The molecule has 0 aliphatic carbocycles. The van der Waals surface area contributed by atoms with Crippen LogP contribution < -0.4 is 0 Å². The van der Waals surface area contributed by atoms with Crippen LogP contribution in [0.15, 0.2) is 30.3 Å². The van der Waals surface area contributed by atoms with E-state index in [1.165, 1.54) is 0 Å². The zero-order valence-electron chi connectivity index (χ0n) is 7.19. The molecule has 1 aromatic rings. The number of carbonyl (C=O) groups is 2. The third kappa shape index (κ3) is 4.18. The van der Waals surface area contributed by atoms with Crippen molar-refractivity contribution in [1.82, 2.24) is 0 Å². The zero-order chi connectivity index (χ0) is 8.81. The molecule has 3 heteroatoms. The maximum absolute atomic E-state index is 10.6. The maximum Gasteiger partial charge on any atom is 0.195 e. The third-order valence-corrected chi connectivity index (χ3v) is 1.63. The van der Waals surface area contributed by atoms with Crippen molar-refractivity contribution in [2.75, 3.05) is 0 Å². The Kier molecular flexibility index (Phi) is 5.39. The number of benzene rings is 1. The average Bonchev–Trinajstić information content (AvgIpc) is 2.16. The fourth-order valence-corrected chi connectivity index (χ4v) is 0.971. The quantitative estimate of drug-likeness (QED) is 0.502. The van der Waals surface area contributed by atoms with Gasteiger partial charge >= 0.3 is 0 Å². The van der Waals surface area contributed by atoms with E-state index in [0.717, 1.165) is 5.56 Å². The van der Waals surface area contributed by atoms with Crippen molar-refractivity contribution in [2.45, 2.75) is 12.8 Å². The van der Waals surface area contributed by atoms with Gasteiger partial charge < -0.3 is 5.48 Å². The highest BCUT2D eigenvalue weighted by Gasteiger charge is 1.98. The van der Waals surface area contributed by atoms with Crippen LogP contribution in [-0.2, 0) is 16.0 Å². The summed E-state index contributed by atoms with van der Waals surface area (Å²) in [6.07, 6.45) is 1.34. The fraction of sp³-hybridized carbons (Fsp3) is 0.200. The molecule has 0 heterocycles. The number of hydrogen-bond acceptors (Lipinski definition) is 2. The molecule has 0 fully saturated rings. The van der Waals surface area contributed by atoms with E-state index < -0.39 is 0 Å². The molecule has 3 nitrogen and oxygen atoms in total. The second-order valence-corrected chi connectivity index (χ2v) is 2.57. The minimum atomic E-state index is -0.334. The lowest BCUT2D eigenvalue weighted by atomic mass is 10.1. The van der Waals surface area contributed by atoms with Crippen LogP contribution in [0.25, 0.3) is 0 Å². The molecule has 0 amide bonds. The van der Waals surface area contributed by atoms with Crippen LogP contribution in [0.4, 0.5) is 0 Å². The number of hydrogen-bond donors (Lipinski definition) is 0. The van der Waals surface area contributed by atoms with Crippen molar-refractivity contribution in [3.8, 4) is 0 Å². The van der Waals surface area contributed by atoms with Gasteiger partial charge in [0.1, 0.15) is 0 Å². The number of aldehydes is 1. The molecule has 1 rings (SSSR count). The van der Waals surface area contributed by atoms with E-state index in [9.17, 15) is 9.59 Å². The van der Waals surface area contributed by atoms with Gasteiger partial charge in [0.2, 0.25) is 0 Å². The second-order valence-electron chi connectivity index (χ2n) is 2.57. The van der Waals surface area contributed by atoms with Gasteiger partial charge in [0.15, 0.2) is 12.1 Å². The van der Waals surface area contributed by atoms with E-state index in [1.54, 1.807) is 0 Å². The monoisotopic (exact) mass is 180 g/mol. The number of ketones is 1. The maximum atomic E-state index is 10.6. The topological polar surface area (TPSA) is 65.6 Å². The lowest BCUT2D eigenvalue weighted by Gasteiger charge is -1.95. The largest absolute Gasteiger partial charge is 0.412 e. The molecule has 0 aliphatic heterocycles. The van der Waals surface area contributed by atoms with E-state index in [-0.39, 0.29) is 11.3 Å². The minimum Gasteiger partial charge on any atom is -0.412 e. The molecule has 13 heavy (non-hydrogen) atoms. The van der Waals surface area contributed by atoms with E-state index in [0.29, 0.717) is 19.1 Å². The Hall–Kier alpha value is -1.48. The first kappa shape index (κ1) is 11.5. The SMILES string of the molecule is O.O=CC(=O)CCc1ccccc1. The van der Waals surface area contributed by atoms with Gasteiger partial charge in [0.05, 0.1) is 0 Å². The fourth-order valence-electron chi connectivity index (χ4n) is 0.971. The van der Waals surface area contributed by atoms with Crippen molar-refractivity contribution in [3.63, 3.8) is 0 Å². The van der Waals surface area contributed by atoms with E-state index in [4.69, 9.17) is 0 Å². The highest BCUT2D eigenvalue weighted by Crippen LogP contribution is 2.01. The van der Waals surface area contributed by atoms with Crippen molar-refractivity contribution in [2.24, 2.45) is 0 Å². The molecule has 0 unspecified atom stereocenters. The van der Waals surface area contributed by atoms with Gasteiger partial charge in [-0.2, -0.15) is 0 Å². The van der Waals surface area contributed by atoms with Gasteiger partial charge in [-0.15, -0.1) is 0 Å². The van der Waals surface area contributed by atoms with Gasteiger partial charge in [-0.3, -0.25) is 9.59 Å². The molecule has 70 valence electrons. The Morgan fingerprint density at radius 1 is 1.23 bits per heavy atom. The third-order valence-electron chi connectivity index (χ3n) is 1.63. The van der Waals surface area contributed by atoms with Crippen molar-refractivity contribution >= 4 is 12.1 Å². The standard InChI is InChI=1S/C10H10O2.H2O/c11-8-10(12)7-6-9-4-2-1-3-5-9;/h1-5,8H,6-7H2;1H2. The Balaban J connectivity index is 0.00000144. The summed E-state index contributed by atoms with van der Waals surface area (Å²) in [5, 5.41) is 0. The summed E-state index contributed by atoms with van der Waals surface area (Å²) in [5.74, 6) is -0.334.